The molecule has 0 spiro atoms. The first-order chi connectivity index (χ1) is 9.41. The second kappa shape index (κ2) is 7.78. The van der Waals surface area contributed by atoms with Gasteiger partial charge in [0.1, 0.15) is 5.76 Å². The van der Waals surface area contributed by atoms with Crippen LogP contribution in [0.15, 0.2) is 21.6 Å². The molecule has 0 aliphatic rings. The van der Waals surface area contributed by atoms with E-state index in [4.69, 9.17) is 9.15 Å². The van der Waals surface area contributed by atoms with Crippen LogP contribution >= 0.6 is 0 Å². The molecule has 0 unspecified atom stereocenters. The van der Waals surface area contributed by atoms with Gasteiger partial charge in [0, 0.05) is 20.2 Å². The molecular weight excluding hydrogens is 280 g/mol. The molecule has 0 amide bonds. The monoisotopic (exact) mass is 304 g/mol. The maximum absolute atomic E-state index is 12.5. The van der Waals surface area contributed by atoms with Gasteiger partial charge in [0.05, 0.1) is 13.2 Å². The number of ether oxygens (including phenoxy) is 1. The summed E-state index contributed by atoms with van der Waals surface area (Å²) in [6, 6.07) is 3.18. The molecule has 1 N–H and O–H groups in total. The molecular formula is C13H24N2O4S. The van der Waals surface area contributed by atoms with Crippen LogP contribution in [-0.4, -0.2) is 46.6 Å². The number of hydrogen-bond donors (Lipinski definition) is 1. The van der Waals surface area contributed by atoms with Crippen LogP contribution in [0.25, 0.3) is 0 Å². The van der Waals surface area contributed by atoms with Gasteiger partial charge in [-0.25, -0.2) is 8.42 Å². The van der Waals surface area contributed by atoms with Gasteiger partial charge in [0.15, 0.2) is 0 Å². The van der Waals surface area contributed by atoms with Gasteiger partial charge >= 0.3 is 0 Å². The molecule has 0 atom stereocenters. The minimum absolute atomic E-state index is 0.0143. The second-order valence-corrected chi connectivity index (χ2v) is 6.87. The Morgan fingerprint density at radius 2 is 2.10 bits per heavy atom. The molecule has 116 valence electrons. The molecule has 0 saturated heterocycles. The zero-order valence-corrected chi connectivity index (χ0v) is 13.4. The number of rotatable bonds is 9. The smallest absolute Gasteiger partial charge is 0.276 e. The van der Waals surface area contributed by atoms with Crippen molar-refractivity contribution in [1.82, 2.24) is 9.62 Å². The fourth-order valence-electron chi connectivity index (χ4n) is 1.80. The summed E-state index contributed by atoms with van der Waals surface area (Å²) >= 11 is 0. The summed E-state index contributed by atoms with van der Waals surface area (Å²) in [6.07, 6.45) is 0. The molecule has 20 heavy (non-hydrogen) atoms. The summed E-state index contributed by atoms with van der Waals surface area (Å²) in [4.78, 5) is 0. The maximum Gasteiger partial charge on any atom is 0.276 e. The van der Waals surface area contributed by atoms with Crippen molar-refractivity contribution in [3.63, 3.8) is 0 Å². The lowest BCUT2D eigenvalue weighted by Crippen LogP contribution is -2.36. The summed E-state index contributed by atoms with van der Waals surface area (Å²) in [5.74, 6) is 0.829. The zero-order chi connectivity index (χ0) is 15.2. The van der Waals surface area contributed by atoms with Crippen LogP contribution in [0.1, 0.15) is 19.6 Å². The lowest BCUT2D eigenvalue weighted by Gasteiger charge is -2.22. The van der Waals surface area contributed by atoms with E-state index in [1.165, 1.54) is 10.4 Å². The van der Waals surface area contributed by atoms with Gasteiger partial charge in [0.25, 0.3) is 10.0 Å². The minimum Gasteiger partial charge on any atom is -0.447 e. The Kier molecular flexibility index (Phi) is 6.67. The number of nitrogens with one attached hydrogen (secondary N) is 1. The number of nitrogens with zero attached hydrogens (tertiary/aromatic N) is 1. The third kappa shape index (κ3) is 4.59. The number of hydrogen-bond acceptors (Lipinski definition) is 5. The quantitative estimate of drug-likeness (QED) is 0.744. The van der Waals surface area contributed by atoms with Gasteiger partial charge in [-0.3, -0.25) is 0 Å². The number of methoxy groups -OCH3 is 1. The molecule has 0 aromatic carbocycles. The second-order valence-electron chi connectivity index (χ2n) is 5.00. The van der Waals surface area contributed by atoms with Crippen LogP contribution in [0.5, 0.6) is 0 Å². The predicted molar refractivity (Wildman–Crippen MR) is 76.9 cm³/mol. The Morgan fingerprint density at radius 3 is 2.65 bits per heavy atom. The van der Waals surface area contributed by atoms with E-state index in [9.17, 15) is 8.42 Å². The van der Waals surface area contributed by atoms with Crippen molar-refractivity contribution < 1.29 is 17.6 Å². The van der Waals surface area contributed by atoms with Crippen molar-refractivity contribution in [3.05, 3.63) is 17.9 Å². The Hall–Kier alpha value is -0.890. The average Bonchev–Trinajstić information content (AvgIpc) is 2.83. The van der Waals surface area contributed by atoms with E-state index in [-0.39, 0.29) is 11.0 Å². The third-order valence-electron chi connectivity index (χ3n) is 2.70. The molecule has 0 aliphatic carbocycles. The normalized spacial score (nSPS) is 12.5. The number of sulfonamides is 1. The molecule has 1 heterocycles. The summed E-state index contributed by atoms with van der Waals surface area (Å²) in [6.45, 7) is 5.56. The van der Waals surface area contributed by atoms with Crippen molar-refractivity contribution in [3.8, 4) is 0 Å². The molecule has 7 heteroatoms. The van der Waals surface area contributed by atoms with Crippen molar-refractivity contribution >= 4 is 10.0 Å². The van der Waals surface area contributed by atoms with Gasteiger partial charge in [0.2, 0.25) is 5.09 Å². The minimum atomic E-state index is -3.61. The number of furan rings is 1. The van der Waals surface area contributed by atoms with Crippen LogP contribution in [0.3, 0.4) is 0 Å². The molecule has 0 saturated carbocycles. The largest absolute Gasteiger partial charge is 0.447 e. The highest BCUT2D eigenvalue weighted by Crippen LogP contribution is 2.19. The van der Waals surface area contributed by atoms with E-state index >= 15 is 0 Å². The van der Waals surface area contributed by atoms with Gasteiger partial charge in [-0.2, -0.15) is 4.31 Å². The first-order valence-electron chi connectivity index (χ1n) is 6.64. The van der Waals surface area contributed by atoms with Crippen LogP contribution in [-0.2, 0) is 21.3 Å². The van der Waals surface area contributed by atoms with Crippen molar-refractivity contribution in [2.24, 2.45) is 5.92 Å². The van der Waals surface area contributed by atoms with E-state index in [1.54, 1.807) is 20.2 Å². The van der Waals surface area contributed by atoms with E-state index in [0.29, 0.717) is 32.0 Å². The summed E-state index contributed by atoms with van der Waals surface area (Å²) in [7, 11) is -0.275. The fraction of sp³-hybridized carbons (Fsp3) is 0.692. The first kappa shape index (κ1) is 17.2. The van der Waals surface area contributed by atoms with Gasteiger partial charge in [-0.05, 0) is 25.1 Å². The van der Waals surface area contributed by atoms with Crippen molar-refractivity contribution in [2.75, 3.05) is 33.9 Å². The third-order valence-corrected chi connectivity index (χ3v) is 4.44. The SMILES string of the molecule is CNCc1ccc(S(=O)(=O)N(CCOC)CC(C)C)o1. The van der Waals surface area contributed by atoms with E-state index < -0.39 is 10.0 Å². The Bertz CT molecular complexity index is 496. The van der Waals surface area contributed by atoms with Gasteiger partial charge in [-0.1, -0.05) is 13.8 Å². The van der Waals surface area contributed by atoms with Crippen LogP contribution in [0.2, 0.25) is 0 Å². The maximum atomic E-state index is 12.5. The zero-order valence-electron chi connectivity index (χ0n) is 12.5. The predicted octanol–water partition coefficient (Wildman–Crippen LogP) is 1.29. The van der Waals surface area contributed by atoms with Crippen molar-refractivity contribution in [2.45, 2.75) is 25.5 Å². The first-order valence-corrected chi connectivity index (χ1v) is 8.08. The highest BCUT2D eigenvalue weighted by molar-refractivity contribution is 7.89. The summed E-state index contributed by atoms with van der Waals surface area (Å²) in [5.41, 5.74) is 0. The van der Waals surface area contributed by atoms with Crippen molar-refractivity contribution in [1.29, 1.82) is 0 Å². The topological polar surface area (TPSA) is 71.8 Å². The highest BCUT2D eigenvalue weighted by Gasteiger charge is 2.28. The molecule has 0 aliphatic heterocycles. The lowest BCUT2D eigenvalue weighted by molar-refractivity contribution is 0.174. The van der Waals surface area contributed by atoms with E-state index in [1.807, 2.05) is 13.8 Å². The molecule has 0 bridgehead atoms. The standard InChI is InChI=1S/C13H24N2O4S/c1-11(2)10-15(7-8-18-4)20(16,17)13-6-5-12(19-13)9-14-3/h5-6,11,14H,7-10H2,1-4H3. The van der Waals surface area contributed by atoms with Crippen LogP contribution in [0, 0.1) is 5.92 Å². The van der Waals surface area contributed by atoms with Crippen LogP contribution < -0.4 is 5.32 Å². The molecule has 0 radical (unpaired) electrons. The molecule has 1 aromatic heterocycles. The Labute approximate surface area is 121 Å². The summed E-state index contributed by atoms with van der Waals surface area (Å²) in [5, 5.41) is 2.91. The Balaban J connectivity index is 2.94. The van der Waals surface area contributed by atoms with Crippen LogP contribution in [0.4, 0.5) is 0 Å². The van der Waals surface area contributed by atoms with E-state index in [0.717, 1.165) is 0 Å². The van der Waals surface area contributed by atoms with E-state index in [2.05, 4.69) is 5.32 Å². The fourth-order valence-corrected chi connectivity index (χ4v) is 3.32. The van der Waals surface area contributed by atoms with Gasteiger partial charge < -0.3 is 14.5 Å². The average molecular weight is 304 g/mol. The molecule has 1 aromatic rings. The van der Waals surface area contributed by atoms with Gasteiger partial charge in [-0.15, -0.1) is 0 Å². The molecule has 0 fully saturated rings. The summed E-state index contributed by atoms with van der Waals surface area (Å²) < 4.78 is 36.9. The lowest BCUT2D eigenvalue weighted by atomic mass is 10.2. The highest BCUT2D eigenvalue weighted by atomic mass is 32.2. The molecule has 1 rings (SSSR count). The Morgan fingerprint density at radius 1 is 1.40 bits per heavy atom. The molecule has 6 nitrogen and oxygen atoms in total.